The Morgan fingerprint density at radius 3 is 2.53 bits per heavy atom. The molecule has 3 heterocycles. The highest BCUT2D eigenvalue weighted by Crippen LogP contribution is 2.09. The van der Waals surface area contributed by atoms with E-state index in [1.54, 1.807) is 4.68 Å². The van der Waals surface area contributed by atoms with E-state index in [0.717, 1.165) is 57.5 Å². The molecule has 2 aromatic rings. The summed E-state index contributed by atoms with van der Waals surface area (Å²) in [7, 11) is 0. The van der Waals surface area contributed by atoms with Gasteiger partial charge in [-0.15, -0.1) is 5.10 Å². The van der Waals surface area contributed by atoms with E-state index in [-0.39, 0.29) is 12.5 Å². The third-order valence-corrected chi connectivity index (χ3v) is 5.50. The van der Waals surface area contributed by atoms with Gasteiger partial charge in [0.2, 0.25) is 5.91 Å². The second-order valence-corrected chi connectivity index (χ2v) is 7.53. The van der Waals surface area contributed by atoms with Crippen molar-refractivity contribution in [3.63, 3.8) is 0 Å². The van der Waals surface area contributed by atoms with Crippen LogP contribution >= 0.6 is 0 Å². The first kappa shape index (κ1) is 20.7. The van der Waals surface area contributed by atoms with Gasteiger partial charge >= 0.3 is 0 Å². The molecular formula is C20H29N7O3. The summed E-state index contributed by atoms with van der Waals surface area (Å²) in [6.07, 6.45) is 0. The molecule has 10 nitrogen and oxygen atoms in total. The number of carbonyl (C=O) groups is 1. The monoisotopic (exact) mass is 415 g/mol. The second kappa shape index (κ2) is 10.5. The average molecular weight is 415 g/mol. The molecule has 2 aliphatic rings. The van der Waals surface area contributed by atoms with E-state index in [1.165, 1.54) is 0 Å². The van der Waals surface area contributed by atoms with Gasteiger partial charge in [-0.1, -0.05) is 18.2 Å². The molecule has 10 heteroatoms. The van der Waals surface area contributed by atoms with E-state index >= 15 is 0 Å². The number of tetrazole rings is 1. The van der Waals surface area contributed by atoms with Crippen molar-refractivity contribution in [3.8, 4) is 5.75 Å². The molecule has 2 fully saturated rings. The van der Waals surface area contributed by atoms with Crippen molar-refractivity contribution < 1.29 is 14.3 Å². The Labute approximate surface area is 176 Å². The summed E-state index contributed by atoms with van der Waals surface area (Å²) in [4.78, 5) is 19.2. The number of hydrogen-bond donors (Lipinski definition) is 0. The molecule has 2 saturated heterocycles. The molecule has 0 saturated carbocycles. The van der Waals surface area contributed by atoms with Crippen LogP contribution in [0.2, 0.25) is 0 Å². The van der Waals surface area contributed by atoms with Crippen molar-refractivity contribution >= 4 is 5.91 Å². The van der Waals surface area contributed by atoms with Gasteiger partial charge in [-0.25, -0.2) is 4.68 Å². The largest absolute Gasteiger partial charge is 0.492 e. The van der Waals surface area contributed by atoms with E-state index in [9.17, 15) is 4.79 Å². The van der Waals surface area contributed by atoms with Crippen molar-refractivity contribution in [2.45, 2.75) is 13.1 Å². The number of benzene rings is 1. The van der Waals surface area contributed by atoms with Crippen LogP contribution in [0.5, 0.6) is 5.75 Å². The highest BCUT2D eigenvalue weighted by atomic mass is 16.5. The smallest absolute Gasteiger partial charge is 0.244 e. The number of piperazine rings is 1. The number of morpholine rings is 1. The van der Waals surface area contributed by atoms with Crippen molar-refractivity contribution in [2.75, 3.05) is 65.6 Å². The van der Waals surface area contributed by atoms with E-state index < -0.39 is 0 Å². The number of carbonyl (C=O) groups excluding carboxylic acids is 1. The van der Waals surface area contributed by atoms with Crippen LogP contribution in [0.1, 0.15) is 5.82 Å². The highest BCUT2D eigenvalue weighted by Gasteiger charge is 2.23. The fourth-order valence-corrected chi connectivity index (χ4v) is 3.68. The molecule has 30 heavy (non-hydrogen) atoms. The van der Waals surface area contributed by atoms with Gasteiger partial charge in [-0.2, -0.15) is 0 Å². The van der Waals surface area contributed by atoms with Crippen LogP contribution in [-0.4, -0.2) is 106 Å². The molecule has 0 unspecified atom stereocenters. The number of rotatable bonds is 8. The molecule has 0 N–H and O–H groups in total. The van der Waals surface area contributed by atoms with Gasteiger partial charge in [0.15, 0.2) is 5.82 Å². The van der Waals surface area contributed by atoms with Gasteiger partial charge < -0.3 is 14.4 Å². The van der Waals surface area contributed by atoms with Crippen LogP contribution in [0.3, 0.4) is 0 Å². The maximum Gasteiger partial charge on any atom is 0.244 e. The lowest BCUT2D eigenvalue weighted by Crippen LogP contribution is -2.50. The minimum atomic E-state index is 0.0608. The number of hydrogen-bond acceptors (Lipinski definition) is 8. The molecular weight excluding hydrogens is 386 g/mol. The van der Waals surface area contributed by atoms with Crippen LogP contribution in [0.25, 0.3) is 0 Å². The molecule has 0 aliphatic carbocycles. The molecule has 0 spiro atoms. The van der Waals surface area contributed by atoms with Crippen molar-refractivity contribution in [1.29, 1.82) is 0 Å². The molecule has 1 amide bonds. The average Bonchev–Trinajstić information content (AvgIpc) is 3.22. The summed E-state index contributed by atoms with van der Waals surface area (Å²) in [6, 6.07) is 9.84. The van der Waals surface area contributed by atoms with E-state index in [1.807, 2.05) is 35.2 Å². The van der Waals surface area contributed by atoms with Gasteiger partial charge in [0.05, 0.1) is 19.8 Å². The molecule has 0 atom stereocenters. The summed E-state index contributed by atoms with van der Waals surface area (Å²) < 4.78 is 12.8. The number of para-hydroxylation sites is 1. The zero-order valence-electron chi connectivity index (χ0n) is 17.2. The Kier molecular flexibility index (Phi) is 7.22. The lowest BCUT2D eigenvalue weighted by molar-refractivity contribution is -0.133. The van der Waals surface area contributed by atoms with Crippen LogP contribution in [0.4, 0.5) is 0 Å². The Balaban J connectivity index is 1.19. The molecule has 1 aromatic heterocycles. The number of nitrogens with zero attached hydrogens (tertiary/aromatic N) is 7. The topological polar surface area (TPSA) is 88.8 Å². The minimum absolute atomic E-state index is 0.0608. The normalized spacial score (nSPS) is 18.5. The van der Waals surface area contributed by atoms with Gasteiger partial charge in [0.25, 0.3) is 0 Å². The summed E-state index contributed by atoms with van der Waals surface area (Å²) >= 11 is 0. The van der Waals surface area contributed by atoms with Gasteiger partial charge in [0.1, 0.15) is 18.9 Å². The Morgan fingerprint density at radius 2 is 1.77 bits per heavy atom. The molecule has 1 aromatic carbocycles. The minimum Gasteiger partial charge on any atom is -0.492 e. The van der Waals surface area contributed by atoms with E-state index in [2.05, 4.69) is 25.3 Å². The first-order valence-corrected chi connectivity index (χ1v) is 10.5. The molecule has 0 bridgehead atoms. The summed E-state index contributed by atoms with van der Waals surface area (Å²) in [6.45, 7) is 8.61. The number of amides is 1. The van der Waals surface area contributed by atoms with Crippen molar-refractivity contribution in [3.05, 3.63) is 36.2 Å². The SMILES string of the molecule is O=C(Cn1nnnc1CN1CCOCC1)N1CCN(CCOc2ccccc2)CC1. The number of aromatic nitrogens is 4. The van der Waals surface area contributed by atoms with Crippen LogP contribution in [-0.2, 0) is 22.6 Å². The maximum absolute atomic E-state index is 12.7. The Morgan fingerprint density at radius 1 is 1.00 bits per heavy atom. The highest BCUT2D eigenvalue weighted by molar-refractivity contribution is 5.76. The standard InChI is InChI=1S/C20H29N7O3/c28-20(17-27-19(21-22-23-27)16-25-10-13-29-14-11-25)26-8-6-24(7-9-26)12-15-30-18-4-2-1-3-5-18/h1-5H,6-17H2. The number of ether oxygens (including phenoxy) is 2. The van der Waals surface area contributed by atoms with Crippen LogP contribution in [0.15, 0.2) is 30.3 Å². The Hall–Kier alpha value is -2.56. The zero-order chi connectivity index (χ0) is 20.6. The maximum atomic E-state index is 12.7. The first-order valence-electron chi connectivity index (χ1n) is 10.5. The summed E-state index contributed by atoms with van der Waals surface area (Å²) in [5.74, 6) is 1.67. The molecule has 162 valence electrons. The van der Waals surface area contributed by atoms with Gasteiger partial charge in [-0.3, -0.25) is 14.6 Å². The lowest BCUT2D eigenvalue weighted by atomic mass is 10.3. The Bertz CT molecular complexity index is 787. The predicted octanol–water partition coefficient (Wildman–Crippen LogP) is -0.271. The fourth-order valence-electron chi connectivity index (χ4n) is 3.68. The van der Waals surface area contributed by atoms with Gasteiger partial charge in [-0.05, 0) is 22.6 Å². The quantitative estimate of drug-likeness (QED) is 0.582. The third kappa shape index (κ3) is 5.74. The van der Waals surface area contributed by atoms with Crippen molar-refractivity contribution in [2.24, 2.45) is 0 Å². The van der Waals surface area contributed by atoms with E-state index in [0.29, 0.717) is 26.2 Å². The summed E-state index contributed by atoms with van der Waals surface area (Å²) in [5.41, 5.74) is 0. The van der Waals surface area contributed by atoms with E-state index in [4.69, 9.17) is 9.47 Å². The lowest BCUT2D eigenvalue weighted by Gasteiger charge is -2.34. The summed E-state index contributed by atoms with van der Waals surface area (Å²) in [5, 5.41) is 11.9. The van der Waals surface area contributed by atoms with Crippen LogP contribution < -0.4 is 4.74 Å². The molecule has 2 aliphatic heterocycles. The zero-order valence-corrected chi connectivity index (χ0v) is 17.2. The molecule has 0 radical (unpaired) electrons. The van der Waals surface area contributed by atoms with Crippen LogP contribution in [0, 0.1) is 0 Å². The van der Waals surface area contributed by atoms with Crippen molar-refractivity contribution in [1.82, 2.24) is 34.9 Å². The molecule has 4 rings (SSSR count). The third-order valence-electron chi connectivity index (χ3n) is 5.50. The second-order valence-electron chi connectivity index (χ2n) is 7.53. The van der Waals surface area contributed by atoms with Gasteiger partial charge in [0, 0.05) is 45.8 Å². The fraction of sp³-hybridized carbons (Fsp3) is 0.600. The first-order chi connectivity index (χ1) is 14.8. The predicted molar refractivity (Wildman–Crippen MR) is 109 cm³/mol.